The van der Waals surface area contributed by atoms with E-state index in [0.29, 0.717) is 11.3 Å². The maximum Gasteiger partial charge on any atom is 0.295 e. The number of hydrogen-bond acceptors (Lipinski definition) is 5. The number of rotatable bonds is 8. The lowest BCUT2D eigenvalue weighted by molar-refractivity contribution is -0.140. The van der Waals surface area contributed by atoms with Gasteiger partial charge in [-0.3, -0.25) is 9.59 Å². The van der Waals surface area contributed by atoms with Gasteiger partial charge in [-0.1, -0.05) is 18.2 Å². The van der Waals surface area contributed by atoms with Gasteiger partial charge in [0.1, 0.15) is 11.5 Å². The van der Waals surface area contributed by atoms with Gasteiger partial charge in [-0.2, -0.15) is 0 Å². The van der Waals surface area contributed by atoms with Gasteiger partial charge in [0.2, 0.25) is 0 Å². The van der Waals surface area contributed by atoms with Gasteiger partial charge < -0.3 is 24.5 Å². The van der Waals surface area contributed by atoms with E-state index in [1.165, 1.54) is 4.90 Å². The van der Waals surface area contributed by atoms with Crippen molar-refractivity contribution in [2.75, 3.05) is 13.2 Å². The first-order valence-corrected chi connectivity index (χ1v) is 11.9. The summed E-state index contributed by atoms with van der Waals surface area (Å²) in [5.41, 5.74) is 2.99. The fourth-order valence-electron chi connectivity index (χ4n) is 4.48. The minimum absolute atomic E-state index is 0.00657. The second-order valence-electron chi connectivity index (χ2n) is 9.35. The molecule has 1 atom stereocenters. The Kier molecular flexibility index (Phi) is 6.98. The molecule has 1 unspecified atom stereocenters. The van der Waals surface area contributed by atoms with Crippen molar-refractivity contribution in [1.29, 1.82) is 0 Å². The van der Waals surface area contributed by atoms with E-state index in [-0.39, 0.29) is 36.7 Å². The molecule has 0 bridgehead atoms. The first kappa shape index (κ1) is 24.5. The van der Waals surface area contributed by atoms with Crippen LogP contribution in [0, 0.1) is 6.92 Å². The summed E-state index contributed by atoms with van der Waals surface area (Å²) in [6, 6.07) is 12.2. The molecule has 0 radical (unpaired) electrons. The SMILES string of the molecule is Cc1cc(/C(O)=C2\C(=O)C(=O)N(CCOC(C)C)C2c2c[nH]c3ccccc23)ccc1OC(C)C. The molecule has 7 nitrogen and oxygen atoms in total. The minimum atomic E-state index is -0.742. The molecule has 1 aromatic heterocycles. The lowest BCUT2D eigenvalue weighted by atomic mass is 9.94. The molecule has 35 heavy (non-hydrogen) atoms. The van der Waals surface area contributed by atoms with E-state index in [0.717, 1.165) is 22.0 Å². The zero-order valence-electron chi connectivity index (χ0n) is 20.8. The number of ether oxygens (including phenoxy) is 2. The Labute approximate surface area is 205 Å². The molecule has 1 fully saturated rings. The van der Waals surface area contributed by atoms with E-state index >= 15 is 0 Å². The van der Waals surface area contributed by atoms with Crippen LogP contribution in [0.5, 0.6) is 5.75 Å². The van der Waals surface area contributed by atoms with Crippen LogP contribution < -0.4 is 4.74 Å². The Morgan fingerprint density at radius 3 is 2.51 bits per heavy atom. The van der Waals surface area contributed by atoms with Gasteiger partial charge in [0.15, 0.2) is 0 Å². The summed E-state index contributed by atoms with van der Waals surface area (Å²) in [4.78, 5) is 31.2. The standard InChI is InChI=1S/C28H32N2O5/c1-16(2)34-13-12-30-25(21-15-29-22-9-7-6-8-20(21)22)24(27(32)28(30)33)26(31)19-10-11-23(18(5)14-19)35-17(3)4/h6-11,14-17,25,29,31H,12-13H2,1-5H3/b26-24+. The third-order valence-electron chi connectivity index (χ3n) is 6.05. The molecule has 1 saturated heterocycles. The molecule has 0 aliphatic carbocycles. The van der Waals surface area contributed by atoms with E-state index in [9.17, 15) is 14.7 Å². The Morgan fingerprint density at radius 2 is 1.83 bits per heavy atom. The van der Waals surface area contributed by atoms with Crippen LogP contribution in [0.2, 0.25) is 0 Å². The molecule has 1 aliphatic heterocycles. The van der Waals surface area contributed by atoms with Gasteiger partial charge in [-0.25, -0.2) is 0 Å². The van der Waals surface area contributed by atoms with Gasteiger partial charge >= 0.3 is 0 Å². The van der Waals surface area contributed by atoms with Gasteiger partial charge in [-0.15, -0.1) is 0 Å². The fraction of sp³-hybridized carbons (Fsp3) is 0.357. The smallest absolute Gasteiger partial charge is 0.295 e. The van der Waals surface area contributed by atoms with Crippen LogP contribution in [-0.2, 0) is 14.3 Å². The number of H-pyrrole nitrogens is 1. The lowest BCUT2D eigenvalue weighted by Gasteiger charge is -2.25. The number of likely N-dealkylation sites (tertiary alicyclic amines) is 1. The Balaban J connectivity index is 1.83. The Hall–Kier alpha value is -3.58. The van der Waals surface area contributed by atoms with Gasteiger partial charge in [0.05, 0.1) is 30.4 Å². The zero-order valence-corrected chi connectivity index (χ0v) is 20.8. The van der Waals surface area contributed by atoms with Crippen LogP contribution in [0.25, 0.3) is 16.7 Å². The number of Topliss-reactive ketones (excluding diaryl/α,β-unsaturated/α-hetero) is 1. The third kappa shape index (κ3) is 4.82. The third-order valence-corrected chi connectivity index (χ3v) is 6.05. The summed E-state index contributed by atoms with van der Waals surface area (Å²) in [5, 5.41) is 12.3. The highest BCUT2D eigenvalue weighted by Crippen LogP contribution is 2.42. The summed E-state index contributed by atoms with van der Waals surface area (Å²) >= 11 is 0. The molecule has 3 aromatic rings. The molecule has 1 amide bonds. The number of benzene rings is 2. The normalized spacial score (nSPS) is 17.8. The molecule has 4 rings (SSSR count). The fourth-order valence-corrected chi connectivity index (χ4v) is 4.48. The predicted octanol–water partition coefficient (Wildman–Crippen LogP) is 5.11. The van der Waals surface area contributed by atoms with E-state index in [1.54, 1.807) is 24.4 Å². The van der Waals surface area contributed by atoms with Gasteiger partial charge in [0.25, 0.3) is 11.7 Å². The molecule has 2 N–H and O–H groups in total. The monoisotopic (exact) mass is 476 g/mol. The number of nitrogens with one attached hydrogen (secondary N) is 1. The highest BCUT2D eigenvalue weighted by Gasteiger charge is 2.46. The van der Waals surface area contributed by atoms with Crippen molar-refractivity contribution in [3.8, 4) is 5.75 Å². The van der Waals surface area contributed by atoms with Gasteiger partial charge in [0, 0.05) is 34.8 Å². The van der Waals surface area contributed by atoms with Crippen LogP contribution in [-0.4, -0.2) is 52.0 Å². The van der Waals surface area contributed by atoms with Crippen molar-refractivity contribution >= 4 is 28.4 Å². The number of hydrogen-bond donors (Lipinski definition) is 2. The molecule has 0 saturated carbocycles. The second-order valence-corrected chi connectivity index (χ2v) is 9.35. The van der Waals surface area contributed by atoms with Crippen molar-refractivity contribution in [1.82, 2.24) is 9.88 Å². The highest BCUT2D eigenvalue weighted by atomic mass is 16.5. The number of para-hydroxylation sites is 1. The van der Waals surface area contributed by atoms with Crippen molar-refractivity contribution in [3.63, 3.8) is 0 Å². The molecule has 7 heteroatoms. The number of fused-ring (bicyclic) bond motifs is 1. The van der Waals surface area contributed by atoms with Crippen LogP contribution >= 0.6 is 0 Å². The van der Waals surface area contributed by atoms with E-state index in [4.69, 9.17) is 9.47 Å². The number of aliphatic hydroxyl groups excluding tert-OH is 1. The number of aryl methyl sites for hydroxylation is 1. The van der Waals surface area contributed by atoms with Crippen LogP contribution in [0.1, 0.15) is 50.4 Å². The summed E-state index contributed by atoms with van der Waals surface area (Å²) in [5.74, 6) is -0.853. The summed E-state index contributed by atoms with van der Waals surface area (Å²) in [6.07, 6.45) is 1.80. The number of amides is 1. The number of ketones is 1. The molecular formula is C28H32N2O5. The number of carbonyl (C=O) groups is 2. The number of aromatic nitrogens is 1. The largest absolute Gasteiger partial charge is 0.507 e. The second kappa shape index (κ2) is 9.96. The van der Waals surface area contributed by atoms with E-state index in [2.05, 4.69) is 4.98 Å². The number of nitrogens with zero attached hydrogens (tertiary/aromatic N) is 1. The first-order chi connectivity index (χ1) is 16.7. The average Bonchev–Trinajstić information content (AvgIpc) is 3.33. The summed E-state index contributed by atoms with van der Waals surface area (Å²) < 4.78 is 11.5. The van der Waals surface area contributed by atoms with Crippen molar-refractivity contribution in [2.45, 2.75) is 52.9 Å². The zero-order chi connectivity index (χ0) is 25.3. The molecule has 2 aromatic carbocycles. The van der Waals surface area contributed by atoms with E-state index in [1.807, 2.05) is 58.9 Å². The summed E-state index contributed by atoms with van der Waals surface area (Å²) in [6.45, 7) is 10.1. The Bertz CT molecular complexity index is 1290. The van der Waals surface area contributed by atoms with Crippen molar-refractivity contribution in [3.05, 3.63) is 70.9 Å². The van der Waals surface area contributed by atoms with Crippen LogP contribution in [0.4, 0.5) is 0 Å². The molecule has 1 aliphatic rings. The first-order valence-electron chi connectivity index (χ1n) is 11.9. The van der Waals surface area contributed by atoms with Crippen LogP contribution in [0.3, 0.4) is 0 Å². The number of aliphatic hydroxyl groups is 1. The predicted molar refractivity (Wildman–Crippen MR) is 135 cm³/mol. The van der Waals surface area contributed by atoms with Crippen molar-refractivity contribution in [2.24, 2.45) is 0 Å². The molecular weight excluding hydrogens is 444 g/mol. The summed E-state index contributed by atoms with van der Waals surface area (Å²) in [7, 11) is 0. The van der Waals surface area contributed by atoms with Gasteiger partial charge in [-0.05, 0) is 64.4 Å². The lowest BCUT2D eigenvalue weighted by Crippen LogP contribution is -2.33. The topological polar surface area (TPSA) is 91.9 Å². The number of carbonyl (C=O) groups excluding carboxylic acids is 2. The van der Waals surface area contributed by atoms with Crippen molar-refractivity contribution < 1.29 is 24.2 Å². The molecule has 184 valence electrons. The quantitative estimate of drug-likeness (QED) is 0.268. The maximum atomic E-state index is 13.3. The number of aromatic amines is 1. The molecule has 0 spiro atoms. The minimum Gasteiger partial charge on any atom is -0.507 e. The Morgan fingerprint density at radius 1 is 1.09 bits per heavy atom. The highest BCUT2D eigenvalue weighted by molar-refractivity contribution is 6.46. The van der Waals surface area contributed by atoms with E-state index < -0.39 is 17.7 Å². The average molecular weight is 477 g/mol. The maximum absolute atomic E-state index is 13.3. The molecule has 2 heterocycles. The van der Waals surface area contributed by atoms with Crippen LogP contribution in [0.15, 0.2) is 54.2 Å².